The maximum Gasteiger partial charge on any atom is 0.228 e. The van der Waals surface area contributed by atoms with E-state index in [9.17, 15) is 0 Å². The minimum atomic E-state index is 0.629. The highest BCUT2D eigenvalue weighted by molar-refractivity contribution is 6.48. The van der Waals surface area contributed by atoms with Crippen LogP contribution in [0.2, 0.25) is 5.67 Å². The van der Waals surface area contributed by atoms with Crippen molar-refractivity contribution < 1.29 is 8.85 Å². The standard InChI is InChI=1S/C5H12O2Si2/c1-3-6-8-5-9-7-4-2/h3-5H2,1-2H3. The first-order valence-corrected chi connectivity index (χ1v) is 5.34. The van der Waals surface area contributed by atoms with Gasteiger partial charge in [-0.25, -0.2) is 0 Å². The molecule has 0 fully saturated rings. The van der Waals surface area contributed by atoms with Crippen molar-refractivity contribution in [1.82, 2.24) is 0 Å². The molecule has 0 amide bonds. The van der Waals surface area contributed by atoms with Crippen LogP contribution in [0.15, 0.2) is 0 Å². The van der Waals surface area contributed by atoms with Crippen molar-refractivity contribution in [3.05, 3.63) is 0 Å². The zero-order valence-electron chi connectivity index (χ0n) is 5.94. The molecule has 0 saturated carbocycles. The highest BCUT2D eigenvalue weighted by Crippen LogP contribution is 1.79. The predicted octanol–water partition coefficient (Wildman–Crippen LogP) is 0.674. The van der Waals surface area contributed by atoms with Crippen molar-refractivity contribution in [2.75, 3.05) is 13.2 Å². The van der Waals surface area contributed by atoms with Crippen LogP contribution >= 0.6 is 0 Å². The van der Waals surface area contributed by atoms with E-state index in [1.54, 1.807) is 0 Å². The second-order valence-corrected chi connectivity index (χ2v) is 3.90. The average Bonchev–Trinajstić information content (AvgIpc) is 1.89. The van der Waals surface area contributed by atoms with E-state index < -0.39 is 0 Å². The summed E-state index contributed by atoms with van der Waals surface area (Å²) in [5, 5.41) is 0. The maximum absolute atomic E-state index is 5.13. The van der Waals surface area contributed by atoms with Gasteiger partial charge in [0.1, 0.15) is 0 Å². The molecule has 0 spiro atoms. The lowest BCUT2D eigenvalue weighted by atomic mass is 10.9. The Kier molecular flexibility index (Phi) is 8.68. The number of rotatable bonds is 6. The van der Waals surface area contributed by atoms with E-state index >= 15 is 0 Å². The zero-order chi connectivity index (χ0) is 6.95. The summed E-state index contributed by atoms with van der Waals surface area (Å²) in [6.07, 6.45) is 0. The highest BCUT2D eigenvalue weighted by Gasteiger charge is 1.91. The molecule has 2 nitrogen and oxygen atoms in total. The molecule has 0 aliphatic carbocycles. The van der Waals surface area contributed by atoms with Gasteiger partial charge in [0.25, 0.3) is 0 Å². The van der Waals surface area contributed by atoms with Crippen LogP contribution < -0.4 is 0 Å². The third-order valence-electron chi connectivity index (χ3n) is 0.637. The Hall–Kier alpha value is 0.354. The SMILES string of the molecule is CCO[Si]C[Si]OCC. The lowest BCUT2D eigenvalue weighted by Gasteiger charge is -1.96. The number of hydrogen-bond acceptors (Lipinski definition) is 2. The van der Waals surface area contributed by atoms with Gasteiger partial charge in [0.2, 0.25) is 19.5 Å². The molecular formula is C5H12O2Si2. The monoisotopic (exact) mass is 160 g/mol. The molecule has 0 aromatic carbocycles. The molecule has 0 aromatic heterocycles. The molecule has 0 rings (SSSR count). The van der Waals surface area contributed by atoms with Crippen molar-refractivity contribution in [2.45, 2.75) is 19.5 Å². The van der Waals surface area contributed by atoms with Crippen LogP contribution in [0.5, 0.6) is 0 Å². The minimum Gasteiger partial charge on any atom is -0.418 e. The van der Waals surface area contributed by atoms with Crippen LogP contribution in [0.1, 0.15) is 13.8 Å². The van der Waals surface area contributed by atoms with Crippen molar-refractivity contribution in [1.29, 1.82) is 0 Å². The van der Waals surface area contributed by atoms with Crippen LogP contribution in [0.25, 0.3) is 0 Å². The first kappa shape index (κ1) is 9.35. The average molecular weight is 160 g/mol. The van der Waals surface area contributed by atoms with E-state index in [1.165, 1.54) is 0 Å². The molecule has 0 unspecified atom stereocenters. The first-order chi connectivity index (χ1) is 4.41. The van der Waals surface area contributed by atoms with Gasteiger partial charge in [-0.15, -0.1) is 0 Å². The fraction of sp³-hybridized carbons (Fsp3) is 1.00. The Balaban J connectivity index is 2.60. The predicted molar refractivity (Wildman–Crippen MR) is 39.6 cm³/mol. The van der Waals surface area contributed by atoms with Gasteiger partial charge in [0.15, 0.2) is 0 Å². The van der Waals surface area contributed by atoms with Gasteiger partial charge in [-0.1, -0.05) is 0 Å². The smallest absolute Gasteiger partial charge is 0.228 e. The van der Waals surface area contributed by atoms with Gasteiger partial charge in [0, 0.05) is 13.2 Å². The van der Waals surface area contributed by atoms with Gasteiger partial charge >= 0.3 is 0 Å². The van der Waals surface area contributed by atoms with Crippen molar-refractivity contribution >= 4 is 19.5 Å². The van der Waals surface area contributed by atoms with Gasteiger partial charge in [-0.05, 0) is 19.5 Å². The molecule has 0 atom stereocenters. The normalized spacial score (nSPS) is 10.0. The van der Waals surface area contributed by atoms with Crippen LogP contribution in [-0.2, 0) is 8.85 Å². The van der Waals surface area contributed by atoms with Gasteiger partial charge in [-0.3, -0.25) is 0 Å². The summed E-state index contributed by atoms with van der Waals surface area (Å²) in [6.45, 7) is 5.68. The maximum atomic E-state index is 5.13. The van der Waals surface area contributed by atoms with Crippen LogP contribution in [0.3, 0.4) is 0 Å². The molecule has 0 aliphatic rings. The molecule has 4 heteroatoms. The van der Waals surface area contributed by atoms with E-state index in [4.69, 9.17) is 8.85 Å². The molecule has 9 heavy (non-hydrogen) atoms. The van der Waals surface area contributed by atoms with Gasteiger partial charge in [-0.2, -0.15) is 0 Å². The van der Waals surface area contributed by atoms with E-state index in [1.807, 2.05) is 13.8 Å². The first-order valence-electron chi connectivity index (χ1n) is 3.11. The quantitative estimate of drug-likeness (QED) is 0.420. The van der Waals surface area contributed by atoms with E-state index in [2.05, 4.69) is 0 Å². The van der Waals surface area contributed by atoms with Crippen molar-refractivity contribution in [3.63, 3.8) is 0 Å². The molecule has 0 N–H and O–H groups in total. The summed E-state index contributed by atoms with van der Waals surface area (Å²) < 4.78 is 10.3. The molecule has 0 aromatic rings. The van der Waals surface area contributed by atoms with Gasteiger partial charge < -0.3 is 8.85 Å². The summed E-state index contributed by atoms with van der Waals surface area (Å²) in [4.78, 5) is 0. The second kappa shape index (κ2) is 8.35. The topological polar surface area (TPSA) is 18.5 Å². The Bertz CT molecular complexity index is 46.2. The molecule has 52 valence electrons. The lowest BCUT2D eigenvalue weighted by Crippen LogP contribution is -2.05. The minimum absolute atomic E-state index is 0.629. The molecular weight excluding hydrogens is 148 g/mol. The van der Waals surface area contributed by atoms with E-state index in [0.717, 1.165) is 18.9 Å². The van der Waals surface area contributed by atoms with Crippen LogP contribution in [0, 0.1) is 0 Å². The summed E-state index contributed by atoms with van der Waals surface area (Å²) >= 11 is 0. The summed E-state index contributed by atoms with van der Waals surface area (Å²) in [7, 11) is 1.26. The highest BCUT2D eigenvalue weighted by atomic mass is 28.3. The third kappa shape index (κ3) is 8.35. The van der Waals surface area contributed by atoms with Crippen molar-refractivity contribution in [2.24, 2.45) is 0 Å². The summed E-state index contributed by atoms with van der Waals surface area (Å²) in [5.74, 6) is 0. The third-order valence-corrected chi connectivity index (χ3v) is 2.78. The fourth-order valence-corrected chi connectivity index (χ4v) is 1.80. The Morgan fingerprint density at radius 1 is 1.00 bits per heavy atom. The Labute approximate surface area is 61.8 Å². The van der Waals surface area contributed by atoms with E-state index in [0.29, 0.717) is 19.5 Å². The van der Waals surface area contributed by atoms with Crippen molar-refractivity contribution in [3.8, 4) is 0 Å². The van der Waals surface area contributed by atoms with Gasteiger partial charge in [0.05, 0.1) is 0 Å². The Morgan fingerprint density at radius 2 is 1.44 bits per heavy atom. The van der Waals surface area contributed by atoms with Crippen LogP contribution in [-0.4, -0.2) is 32.7 Å². The Morgan fingerprint density at radius 3 is 1.78 bits per heavy atom. The second-order valence-electron chi connectivity index (χ2n) is 1.33. The van der Waals surface area contributed by atoms with E-state index in [-0.39, 0.29) is 0 Å². The summed E-state index contributed by atoms with van der Waals surface area (Å²) in [6, 6.07) is 0. The largest absolute Gasteiger partial charge is 0.418 e. The molecule has 0 bridgehead atoms. The molecule has 0 saturated heterocycles. The van der Waals surface area contributed by atoms with Crippen LogP contribution in [0.4, 0.5) is 0 Å². The number of hydrogen-bond donors (Lipinski definition) is 0. The lowest BCUT2D eigenvalue weighted by molar-refractivity contribution is 0.350. The summed E-state index contributed by atoms with van der Waals surface area (Å²) in [5.41, 5.74) is 1.07. The zero-order valence-corrected chi connectivity index (χ0v) is 7.94. The molecule has 0 heterocycles. The molecule has 4 radical (unpaired) electrons. The fourth-order valence-electron chi connectivity index (χ4n) is 0.336. The molecule has 0 aliphatic heterocycles.